The van der Waals surface area contributed by atoms with Crippen molar-refractivity contribution in [3.8, 4) is 0 Å². The molecule has 3 heterocycles. The molecule has 1 aliphatic heterocycles. The second-order valence-corrected chi connectivity index (χ2v) is 8.57. The molecule has 0 aromatic carbocycles. The Labute approximate surface area is 138 Å². The summed E-state index contributed by atoms with van der Waals surface area (Å²) in [5.41, 5.74) is 1.77. The van der Waals surface area contributed by atoms with Gasteiger partial charge in [-0.15, -0.1) is 0 Å². The monoisotopic (exact) mass is 354 g/mol. The van der Waals surface area contributed by atoms with E-state index in [9.17, 15) is 13.2 Å². The zero-order valence-electron chi connectivity index (χ0n) is 12.7. The van der Waals surface area contributed by atoms with Crippen LogP contribution in [0.1, 0.15) is 17.2 Å². The fourth-order valence-electron chi connectivity index (χ4n) is 2.61. The lowest BCUT2D eigenvalue weighted by Gasteiger charge is -2.34. The van der Waals surface area contributed by atoms with Gasteiger partial charge in [0, 0.05) is 31.9 Å². The lowest BCUT2D eigenvalue weighted by Crippen LogP contribution is -2.49. The predicted molar refractivity (Wildman–Crippen MR) is 87.9 cm³/mol. The molecular formula is C14H18N4O3S2. The van der Waals surface area contributed by atoms with Crippen LogP contribution >= 0.6 is 11.3 Å². The minimum Gasteiger partial charge on any atom is -0.334 e. The molecule has 124 valence electrons. The molecule has 3 rings (SSSR count). The van der Waals surface area contributed by atoms with Crippen molar-refractivity contribution >= 4 is 27.2 Å². The van der Waals surface area contributed by atoms with E-state index >= 15 is 0 Å². The van der Waals surface area contributed by atoms with Gasteiger partial charge in [-0.2, -0.15) is 16.4 Å². The molecular weight excluding hydrogens is 336 g/mol. The number of hydrogen-bond donors (Lipinski definition) is 1. The number of thiophene rings is 1. The van der Waals surface area contributed by atoms with Crippen LogP contribution < -0.4 is 5.32 Å². The highest BCUT2D eigenvalue weighted by Gasteiger charge is 2.35. The second kappa shape index (κ2) is 6.32. The van der Waals surface area contributed by atoms with Crippen molar-refractivity contribution in [1.82, 2.24) is 20.0 Å². The largest absolute Gasteiger partial charge is 0.334 e. The summed E-state index contributed by atoms with van der Waals surface area (Å²) in [4.78, 5) is 14.1. The quantitative estimate of drug-likeness (QED) is 0.896. The van der Waals surface area contributed by atoms with Crippen molar-refractivity contribution in [2.75, 3.05) is 18.1 Å². The smallest absolute Gasteiger partial charge is 0.318 e. The predicted octanol–water partition coefficient (Wildman–Crippen LogP) is 1.16. The molecule has 1 aliphatic rings. The van der Waals surface area contributed by atoms with Gasteiger partial charge in [-0.1, -0.05) is 0 Å². The van der Waals surface area contributed by atoms with E-state index in [-0.39, 0.29) is 24.1 Å². The van der Waals surface area contributed by atoms with Crippen LogP contribution in [-0.2, 0) is 23.4 Å². The van der Waals surface area contributed by atoms with Crippen molar-refractivity contribution in [3.05, 3.63) is 40.3 Å². The molecule has 2 aromatic rings. The van der Waals surface area contributed by atoms with Crippen LogP contribution in [0, 0.1) is 0 Å². The third-order valence-corrected chi connectivity index (χ3v) is 6.19. The van der Waals surface area contributed by atoms with E-state index < -0.39 is 15.9 Å². The van der Waals surface area contributed by atoms with Crippen LogP contribution in [0.5, 0.6) is 0 Å². The van der Waals surface area contributed by atoms with Crippen LogP contribution in [0.25, 0.3) is 0 Å². The number of aryl methyl sites for hydroxylation is 1. The number of nitrogens with zero attached hydrogens (tertiary/aromatic N) is 3. The Balaban J connectivity index is 1.76. The number of urea groups is 1. The van der Waals surface area contributed by atoms with Gasteiger partial charge < -0.3 is 10.2 Å². The van der Waals surface area contributed by atoms with Crippen molar-refractivity contribution < 1.29 is 13.2 Å². The third-order valence-electron chi connectivity index (χ3n) is 3.83. The normalized spacial score (nSPS) is 20.4. The SMILES string of the molecule is Cn1cc(C2CS(=O)(=O)CCN2C(=O)NCc2ccsc2)cn1. The van der Waals surface area contributed by atoms with E-state index in [0.717, 1.165) is 11.1 Å². The van der Waals surface area contributed by atoms with Crippen molar-refractivity contribution in [3.63, 3.8) is 0 Å². The molecule has 1 unspecified atom stereocenters. The van der Waals surface area contributed by atoms with Gasteiger partial charge in [-0.3, -0.25) is 4.68 Å². The summed E-state index contributed by atoms with van der Waals surface area (Å²) in [5.74, 6) is -0.0692. The van der Waals surface area contributed by atoms with Crippen LogP contribution in [0.15, 0.2) is 29.2 Å². The molecule has 23 heavy (non-hydrogen) atoms. The maximum Gasteiger partial charge on any atom is 0.318 e. The average molecular weight is 354 g/mol. The first-order chi connectivity index (χ1) is 10.9. The fourth-order valence-corrected chi connectivity index (χ4v) is 4.77. The summed E-state index contributed by atoms with van der Waals surface area (Å²) in [5, 5.41) is 10.9. The van der Waals surface area contributed by atoms with Gasteiger partial charge in [0.05, 0.1) is 23.7 Å². The standard InChI is InChI=1S/C14H18N4O3S2/c1-17-8-12(7-16-17)13-10-23(20,21)5-3-18(13)14(19)15-6-11-2-4-22-9-11/h2,4,7-9,13H,3,5-6,10H2,1H3,(H,15,19). The molecule has 2 amide bonds. The number of amides is 2. The summed E-state index contributed by atoms with van der Waals surface area (Å²) in [6.07, 6.45) is 3.37. The first kappa shape index (κ1) is 16.0. The van der Waals surface area contributed by atoms with Gasteiger partial charge in [0.1, 0.15) is 0 Å². The van der Waals surface area contributed by atoms with Gasteiger partial charge in [0.2, 0.25) is 0 Å². The summed E-state index contributed by atoms with van der Waals surface area (Å²) in [6.45, 7) is 0.628. The van der Waals surface area contributed by atoms with Crippen LogP contribution in [0.2, 0.25) is 0 Å². The molecule has 0 spiro atoms. The molecule has 0 saturated carbocycles. The molecule has 0 aliphatic carbocycles. The lowest BCUT2D eigenvalue weighted by atomic mass is 10.1. The highest BCUT2D eigenvalue weighted by molar-refractivity contribution is 7.91. The molecule has 1 fully saturated rings. The Morgan fingerprint density at radius 3 is 3.00 bits per heavy atom. The molecule has 1 saturated heterocycles. The number of nitrogens with one attached hydrogen (secondary N) is 1. The summed E-state index contributed by atoms with van der Waals surface area (Å²) < 4.78 is 25.5. The molecule has 0 radical (unpaired) electrons. The second-order valence-electron chi connectivity index (χ2n) is 5.56. The number of rotatable bonds is 3. The van der Waals surface area contributed by atoms with Crippen LogP contribution in [-0.4, -0.2) is 47.2 Å². The summed E-state index contributed by atoms with van der Waals surface area (Å²) in [6, 6.07) is 1.20. The van der Waals surface area contributed by atoms with Crippen molar-refractivity contribution in [2.24, 2.45) is 7.05 Å². The van der Waals surface area contributed by atoms with E-state index in [2.05, 4.69) is 10.4 Å². The fraction of sp³-hybridized carbons (Fsp3) is 0.429. The van der Waals surface area contributed by atoms with E-state index in [4.69, 9.17) is 0 Å². The average Bonchev–Trinajstić information content (AvgIpc) is 3.15. The highest BCUT2D eigenvalue weighted by atomic mass is 32.2. The van der Waals surface area contributed by atoms with Gasteiger partial charge in [0.15, 0.2) is 9.84 Å². The third kappa shape index (κ3) is 3.73. The molecule has 0 bridgehead atoms. The number of carbonyl (C=O) groups is 1. The van der Waals surface area contributed by atoms with E-state index in [1.807, 2.05) is 16.8 Å². The van der Waals surface area contributed by atoms with Gasteiger partial charge in [0.25, 0.3) is 0 Å². The first-order valence-corrected chi connectivity index (χ1v) is 9.95. The van der Waals surface area contributed by atoms with E-state index in [1.54, 1.807) is 40.4 Å². The van der Waals surface area contributed by atoms with Gasteiger partial charge in [-0.05, 0) is 22.4 Å². The number of sulfone groups is 1. The van der Waals surface area contributed by atoms with E-state index in [1.165, 1.54) is 0 Å². The summed E-state index contributed by atoms with van der Waals surface area (Å²) >= 11 is 1.57. The zero-order chi connectivity index (χ0) is 16.4. The van der Waals surface area contributed by atoms with Gasteiger partial charge in [-0.25, -0.2) is 13.2 Å². The molecule has 9 heteroatoms. The Bertz CT molecular complexity index is 783. The topological polar surface area (TPSA) is 84.3 Å². The number of carbonyl (C=O) groups excluding carboxylic acids is 1. The Morgan fingerprint density at radius 1 is 1.52 bits per heavy atom. The Kier molecular flexibility index (Phi) is 4.40. The molecule has 7 nitrogen and oxygen atoms in total. The first-order valence-electron chi connectivity index (χ1n) is 7.19. The Hall–Kier alpha value is -1.87. The van der Waals surface area contributed by atoms with Gasteiger partial charge >= 0.3 is 6.03 Å². The van der Waals surface area contributed by atoms with Crippen molar-refractivity contribution in [1.29, 1.82) is 0 Å². The minimum atomic E-state index is -3.15. The van der Waals surface area contributed by atoms with E-state index in [0.29, 0.717) is 6.54 Å². The van der Waals surface area contributed by atoms with Crippen LogP contribution in [0.3, 0.4) is 0 Å². The number of hydrogen-bond acceptors (Lipinski definition) is 5. The van der Waals surface area contributed by atoms with Crippen molar-refractivity contribution in [2.45, 2.75) is 12.6 Å². The maximum atomic E-state index is 12.5. The summed E-state index contributed by atoms with van der Waals surface area (Å²) in [7, 11) is -1.39. The molecule has 1 N–H and O–H groups in total. The zero-order valence-corrected chi connectivity index (χ0v) is 14.3. The molecule has 1 atom stereocenters. The number of aromatic nitrogens is 2. The molecule has 2 aromatic heterocycles. The maximum absolute atomic E-state index is 12.5. The highest BCUT2D eigenvalue weighted by Crippen LogP contribution is 2.26. The lowest BCUT2D eigenvalue weighted by molar-refractivity contribution is 0.180. The van der Waals surface area contributed by atoms with Crippen LogP contribution in [0.4, 0.5) is 4.79 Å². The minimum absolute atomic E-state index is 0.00433. The Morgan fingerprint density at radius 2 is 2.35 bits per heavy atom.